The molecule has 1 aliphatic rings. The monoisotopic (exact) mass is 381 g/mol. The van der Waals surface area contributed by atoms with Crippen LogP contribution in [0.15, 0.2) is 29.2 Å². The molecule has 144 valence electrons. The SMILES string of the molecule is CC(=O)Nc1ccc(S(=O)(=O)N[C@@H](C)C(=O)NC2CCCCCC2)cc1. The number of hydrogen-bond donors (Lipinski definition) is 3. The van der Waals surface area contributed by atoms with E-state index in [1.54, 1.807) is 0 Å². The Balaban J connectivity index is 1.96. The molecule has 7 nitrogen and oxygen atoms in total. The number of sulfonamides is 1. The average Bonchev–Trinajstić information content (AvgIpc) is 2.83. The van der Waals surface area contributed by atoms with Crippen LogP contribution in [0.3, 0.4) is 0 Å². The predicted molar refractivity (Wildman–Crippen MR) is 100 cm³/mol. The van der Waals surface area contributed by atoms with Crippen LogP contribution < -0.4 is 15.4 Å². The van der Waals surface area contributed by atoms with Crippen molar-refractivity contribution in [3.05, 3.63) is 24.3 Å². The van der Waals surface area contributed by atoms with Crippen molar-refractivity contribution >= 4 is 27.5 Å². The number of carbonyl (C=O) groups excluding carboxylic acids is 2. The van der Waals surface area contributed by atoms with Gasteiger partial charge in [-0.05, 0) is 44.0 Å². The highest BCUT2D eigenvalue weighted by molar-refractivity contribution is 7.89. The first-order chi connectivity index (χ1) is 12.3. The van der Waals surface area contributed by atoms with Crippen molar-refractivity contribution in [2.75, 3.05) is 5.32 Å². The van der Waals surface area contributed by atoms with Crippen LogP contribution in [0, 0.1) is 0 Å². The van der Waals surface area contributed by atoms with E-state index in [9.17, 15) is 18.0 Å². The third-order valence-corrected chi connectivity index (χ3v) is 5.97. The molecule has 1 saturated carbocycles. The van der Waals surface area contributed by atoms with E-state index < -0.39 is 16.1 Å². The smallest absolute Gasteiger partial charge is 0.241 e. The van der Waals surface area contributed by atoms with Gasteiger partial charge < -0.3 is 10.6 Å². The maximum absolute atomic E-state index is 12.4. The molecule has 1 aromatic carbocycles. The van der Waals surface area contributed by atoms with Gasteiger partial charge in [-0.15, -0.1) is 0 Å². The van der Waals surface area contributed by atoms with Crippen LogP contribution in [0.5, 0.6) is 0 Å². The fraction of sp³-hybridized carbons (Fsp3) is 0.556. The molecule has 0 aromatic heterocycles. The van der Waals surface area contributed by atoms with Gasteiger partial charge in [-0.2, -0.15) is 4.72 Å². The lowest BCUT2D eigenvalue weighted by atomic mass is 10.1. The molecule has 2 amide bonds. The van der Waals surface area contributed by atoms with Crippen LogP contribution in [-0.4, -0.2) is 32.3 Å². The minimum Gasteiger partial charge on any atom is -0.352 e. The van der Waals surface area contributed by atoms with Gasteiger partial charge in [-0.1, -0.05) is 25.7 Å². The Hall–Kier alpha value is -1.93. The highest BCUT2D eigenvalue weighted by atomic mass is 32.2. The lowest BCUT2D eigenvalue weighted by Gasteiger charge is -2.20. The van der Waals surface area contributed by atoms with E-state index in [-0.39, 0.29) is 22.8 Å². The van der Waals surface area contributed by atoms with Crippen LogP contribution in [-0.2, 0) is 19.6 Å². The fourth-order valence-electron chi connectivity index (χ4n) is 3.02. The highest BCUT2D eigenvalue weighted by Gasteiger charge is 2.24. The van der Waals surface area contributed by atoms with Gasteiger partial charge in [0.2, 0.25) is 21.8 Å². The number of anilines is 1. The van der Waals surface area contributed by atoms with Crippen LogP contribution in [0.2, 0.25) is 0 Å². The Morgan fingerprint density at radius 1 is 1.04 bits per heavy atom. The molecule has 0 saturated heterocycles. The van der Waals surface area contributed by atoms with Crippen molar-refractivity contribution in [3.8, 4) is 0 Å². The standard InChI is InChI=1S/C18H27N3O4S/c1-13(18(23)20-15-7-5-3-4-6-8-15)21-26(24,25)17-11-9-16(10-12-17)19-14(2)22/h9-13,15,21H,3-8H2,1-2H3,(H,19,22)(H,20,23)/t13-/m0/s1. The van der Waals surface area contributed by atoms with Crippen molar-refractivity contribution < 1.29 is 18.0 Å². The molecule has 0 unspecified atom stereocenters. The van der Waals surface area contributed by atoms with Gasteiger partial charge in [0.05, 0.1) is 10.9 Å². The largest absolute Gasteiger partial charge is 0.352 e. The predicted octanol–water partition coefficient (Wildman–Crippen LogP) is 2.15. The van der Waals surface area contributed by atoms with E-state index in [2.05, 4.69) is 15.4 Å². The Morgan fingerprint density at radius 2 is 1.62 bits per heavy atom. The second-order valence-electron chi connectivity index (χ2n) is 6.75. The van der Waals surface area contributed by atoms with E-state index >= 15 is 0 Å². The highest BCUT2D eigenvalue weighted by Crippen LogP contribution is 2.18. The molecule has 26 heavy (non-hydrogen) atoms. The van der Waals surface area contributed by atoms with E-state index in [0.29, 0.717) is 5.69 Å². The summed E-state index contributed by atoms with van der Waals surface area (Å²) in [7, 11) is -3.82. The fourth-order valence-corrected chi connectivity index (χ4v) is 4.23. The third kappa shape index (κ3) is 6.10. The summed E-state index contributed by atoms with van der Waals surface area (Å²) in [6, 6.07) is 5.05. The molecule has 1 atom stereocenters. The maximum atomic E-state index is 12.4. The maximum Gasteiger partial charge on any atom is 0.241 e. The van der Waals surface area contributed by atoms with Gasteiger partial charge in [0.1, 0.15) is 0 Å². The van der Waals surface area contributed by atoms with Crippen molar-refractivity contribution in [1.29, 1.82) is 0 Å². The second-order valence-corrected chi connectivity index (χ2v) is 8.46. The van der Waals surface area contributed by atoms with Crippen LogP contribution >= 0.6 is 0 Å². The minimum atomic E-state index is -3.82. The number of hydrogen-bond acceptors (Lipinski definition) is 4. The zero-order chi connectivity index (χ0) is 19.2. The van der Waals surface area contributed by atoms with E-state index in [4.69, 9.17) is 0 Å². The molecule has 0 radical (unpaired) electrons. The summed E-state index contributed by atoms with van der Waals surface area (Å²) in [6.07, 6.45) is 6.43. The molecular formula is C18H27N3O4S. The summed E-state index contributed by atoms with van der Waals surface area (Å²) in [6.45, 7) is 2.91. The molecule has 0 spiro atoms. The number of benzene rings is 1. The van der Waals surface area contributed by atoms with E-state index in [1.165, 1.54) is 51.0 Å². The van der Waals surface area contributed by atoms with Crippen LogP contribution in [0.4, 0.5) is 5.69 Å². The average molecular weight is 381 g/mol. The van der Waals surface area contributed by atoms with Gasteiger partial charge in [-0.25, -0.2) is 8.42 Å². The van der Waals surface area contributed by atoms with Gasteiger partial charge in [0.15, 0.2) is 0 Å². The lowest BCUT2D eigenvalue weighted by Crippen LogP contribution is -2.47. The lowest BCUT2D eigenvalue weighted by molar-refractivity contribution is -0.123. The first kappa shape index (κ1) is 20.4. The molecular weight excluding hydrogens is 354 g/mol. The van der Waals surface area contributed by atoms with E-state index in [1.807, 2.05) is 0 Å². The van der Waals surface area contributed by atoms with Crippen molar-refractivity contribution in [1.82, 2.24) is 10.0 Å². The van der Waals surface area contributed by atoms with Crippen LogP contribution in [0.1, 0.15) is 52.4 Å². The summed E-state index contributed by atoms with van der Waals surface area (Å²) in [4.78, 5) is 23.4. The van der Waals surface area contributed by atoms with Crippen molar-refractivity contribution in [2.24, 2.45) is 0 Å². The summed E-state index contributed by atoms with van der Waals surface area (Å²) >= 11 is 0. The van der Waals surface area contributed by atoms with Crippen molar-refractivity contribution in [3.63, 3.8) is 0 Å². The van der Waals surface area contributed by atoms with Crippen molar-refractivity contribution in [2.45, 2.75) is 69.4 Å². The number of carbonyl (C=O) groups is 2. The molecule has 8 heteroatoms. The summed E-state index contributed by atoms with van der Waals surface area (Å²) < 4.78 is 27.3. The quantitative estimate of drug-likeness (QED) is 0.657. The zero-order valence-electron chi connectivity index (χ0n) is 15.2. The summed E-state index contributed by atoms with van der Waals surface area (Å²) in [5.41, 5.74) is 0.510. The van der Waals surface area contributed by atoms with E-state index in [0.717, 1.165) is 25.7 Å². The normalized spacial score (nSPS) is 17.2. The zero-order valence-corrected chi connectivity index (χ0v) is 16.1. The Bertz CT molecular complexity index is 723. The number of rotatable bonds is 6. The first-order valence-electron chi connectivity index (χ1n) is 8.98. The first-order valence-corrected chi connectivity index (χ1v) is 10.5. The molecule has 1 aliphatic carbocycles. The molecule has 1 fully saturated rings. The van der Waals surface area contributed by atoms with Gasteiger partial charge in [0, 0.05) is 18.7 Å². The molecule has 2 rings (SSSR count). The molecule has 0 aliphatic heterocycles. The molecule has 3 N–H and O–H groups in total. The molecule has 0 bridgehead atoms. The van der Waals surface area contributed by atoms with Crippen LogP contribution in [0.25, 0.3) is 0 Å². The Morgan fingerprint density at radius 3 is 2.15 bits per heavy atom. The van der Waals surface area contributed by atoms with Gasteiger partial charge in [0.25, 0.3) is 0 Å². The molecule has 1 aromatic rings. The molecule has 0 heterocycles. The van der Waals surface area contributed by atoms with Gasteiger partial charge in [-0.3, -0.25) is 9.59 Å². The Kier molecular flexibility index (Phi) is 7.16. The Labute approximate surface area is 155 Å². The second kappa shape index (κ2) is 9.14. The van der Waals surface area contributed by atoms with Gasteiger partial charge >= 0.3 is 0 Å². The number of nitrogens with one attached hydrogen (secondary N) is 3. The third-order valence-electron chi connectivity index (χ3n) is 4.41. The topological polar surface area (TPSA) is 104 Å². The minimum absolute atomic E-state index is 0.0423. The summed E-state index contributed by atoms with van der Waals surface area (Å²) in [5.74, 6) is -0.544. The number of amides is 2. The summed E-state index contributed by atoms with van der Waals surface area (Å²) in [5, 5.41) is 5.52.